The van der Waals surface area contributed by atoms with Crippen LogP contribution in [0.1, 0.15) is 37.7 Å². The number of rotatable bonds is 2. The molecule has 2 aromatic rings. The Bertz CT molecular complexity index is 672. The minimum Gasteiger partial charge on any atom is -0.389 e. The Kier molecular flexibility index (Phi) is 3.47. The normalized spacial score (nSPS) is 16.5. The molecule has 20 heavy (non-hydrogen) atoms. The fraction of sp³-hybridized carbons (Fsp3) is 0.500. The lowest BCUT2D eigenvalue weighted by Gasteiger charge is -2.30. The van der Waals surface area contributed by atoms with Crippen LogP contribution in [0.2, 0.25) is 0 Å². The second kappa shape index (κ2) is 5.27. The molecule has 1 heterocycles. The average Bonchev–Trinajstić information content (AvgIpc) is 2.48. The third kappa shape index (κ3) is 2.42. The smallest absolute Gasteiger partial charge is 0.348 e. The zero-order valence-electron chi connectivity index (χ0n) is 12.1. The Labute approximate surface area is 118 Å². The fourth-order valence-corrected chi connectivity index (χ4v) is 2.95. The van der Waals surface area contributed by atoms with Gasteiger partial charge in [-0.15, -0.1) is 0 Å². The number of aryl methyl sites for hydroxylation is 1. The first kappa shape index (κ1) is 13.2. The van der Waals surface area contributed by atoms with Crippen LogP contribution in [-0.4, -0.2) is 18.1 Å². The van der Waals surface area contributed by atoms with Gasteiger partial charge in [0.15, 0.2) is 0 Å². The van der Waals surface area contributed by atoms with Crippen molar-refractivity contribution in [2.75, 3.05) is 11.9 Å². The van der Waals surface area contributed by atoms with Gasteiger partial charge in [-0.25, -0.2) is 4.79 Å². The first-order valence-corrected chi connectivity index (χ1v) is 7.29. The van der Waals surface area contributed by atoms with Crippen LogP contribution in [0, 0.1) is 6.92 Å². The van der Waals surface area contributed by atoms with E-state index in [0.717, 1.165) is 18.4 Å². The topological polar surface area (TPSA) is 46.3 Å². The lowest BCUT2D eigenvalue weighted by Crippen LogP contribution is -2.34. The molecule has 0 radical (unpaired) electrons. The molecule has 3 rings (SSSR count). The summed E-state index contributed by atoms with van der Waals surface area (Å²) in [6, 6.07) is 6.57. The predicted molar refractivity (Wildman–Crippen MR) is 80.3 cm³/mol. The van der Waals surface area contributed by atoms with Crippen molar-refractivity contribution in [2.45, 2.75) is 45.1 Å². The Morgan fingerprint density at radius 1 is 1.25 bits per heavy atom. The Morgan fingerprint density at radius 2 is 2.00 bits per heavy atom. The van der Waals surface area contributed by atoms with Gasteiger partial charge in [-0.3, -0.25) is 0 Å². The molecule has 0 amide bonds. The van der Waals surface area contributed by atoms with Crippen LogP contribution in [-0.2, 0) is 0 Å². The van der Waals surface area contributed by atoms with Gasteiger partial charge in [-0.05, 0) is 31.9 Å². The molecule has 4 heteroatoms. The molecular formula is C16H20N2O2. The van der Waals surface area contributed by atoms with E-state index in [-0.39, 0.29) is 5.63 Å². The van der Waals surface area contributed by atoms with Gasteiger partial charge in [0.05, 0.1) is 10.9 Å². The van der Waals surface area contributed by atoms with Crippen molar-refractivity contribution in [2.24, 2.45) is 0 Å². The van der Waals surface area contributed by atoms with E-state index in [9.17, 15) is 4.79 Å². The molecule has 1 aromatic carbocycles. The summed E-state index contributed by atoms with van der Waals surface area (Å²) in [6.45, 7) is 1.96. The third-order valence-corrected chi connectivity index (χ3v) is 4.20. The van der Waals surface area contributed by atoms with Gasteiger partial charge in [0.25, 0.3) is 0 Å². The SMILES string of the molecule is Cc1ccc2nc(N(C)C3CCCCC3)oc(=O)c2c1. The van der Waals surface area contributed by atoms with E-state index in [2.05, 4.69) is 4.98 Å². The Balaban J connectivity index is 1.99. The van der Waals surface area contributed by atoms with Gasteiger partial charge < -0.3 is 9.32 Å². The summed E-state index contributed by atoms with van der Waals surface area (Å²) in [5.74, 6) is 0. The highest BCUT2D eigenvalue weighted by Gasteiger charge is 2.21. The molecule has 0 bridgehead atoms. The molecule has 4 nitrogen and oxygen atoms in total. The average molecular weight is 272 g/mol. The maximum absolute atomic E-state index is 12.1. The minimum atomic E-state index is -0.295. The highest BCUT2D eigenvalue weighted by molar-refractivity contribution is 5.78. The molecule has 1 saturated carbocycles. The van der Waals surface area contributed by atoms with Crippen molar-refractivity contribution in [1.29, 1.82) is 0 Å². The van der Waals surface area contributed by atoms with Crippen molar-refractivity contribution in [3.05, 3.63) is 34.2 Å². The maximum atomic E-state index is 12.1. The van der Waals surface area contributed by atoms with E-state index in [4.69, 9.17) is 4.42 Å². The summed E-state index contributed by atoms with van der Waals surface area (Å²) in [5.41, 5.74) is 1.46. The van der Waals surface area contributed by atoms with Gasteiger partial charge in [0.1, 0.15) is 0 Å². The molecule has 1 fully saturated rings. The van der Waals surface area contributed by atoms with Crippen LogP contribution in [0.25, 0.3) is 10.9 Å². The number of fused-ring (bicyclic) bond motifs is 1. The van der Waals surface area contributed by atoms with Crippen LogP contribution in [0.4, 0.5) is 6.01 Å². The first-order valence-electron chi connectivity index (χ1n) is 7.29. The molecule has 1 aromatic heterocycles. The van der Waals surface area contributed by atoms with Crippen LogP contribution >= 0.6 is 0 Å². The molecule has 0 saturated heterocycles. The zero-order chi connectivity index (χ0) is 14.1. The summed E-state index contributed by atoms with van der Waals surface area (Å²) >= 11 is 0. The largest absolute Gasteiger partial charge is 0.389 e. The Morgan fingerprint density at radius 3 is 2.75 bits per heavy atom. The van der Waals surface area contributed by atoms with Gasteiger partial charge in [0, 0.05) is 13.1 Å². The molecular weight excluding hydrogens is 252 g/mol. The summed E-state index contributed by atoms with van der Waals surface area (Å²) in [5, 5.41) is 0.561. The number of nitrogens with zero attached hydrogens (tertiary/aromatic N) is 2. The molecule has 0 atom stereocenters. The summed E-state index contributed by atoms with van der Waals surface area (Å²) in [7, 11) is 1.97. The van der Waals surface area contributed by atoms with Gasteiger partial charge >= 0.3 is 11.6 Å². The number of hydrogen-bond donors (Lipinski definition) is 0. The van der Waals surface area contributed by atoms with E-state index < -0.39 is 0 Å². The van der Waals surface area contributed by atoms with Crippen LogP contribution < -0.4 is 10.5 Å². The fourth-order valence-electron chi connectivity index (χ4n) is 2.95. The van der Waals surface area contributed by atoms with Crippen LogP contribution in [0.15, 0.2) is 27.4 Å². The molecule has 1 aliphatic carbocycles. The number of benzene rings is 1. The van der Waals surface area contributed by atoms with E-state index >= 15 is 0 Å². The first-order chi connectivity index (χ1) is 9.65. The van der Waals surface area contributed by atoms with Crippen molar-refractivity contribution in [3.8, 4) is 0 Å². The van der Waals surface area contributed by atoms with Gasteiger partial charge in [0.2, 0.25) is 0 Å². The van der Waals surface area contributed by atoms with Gasteiger partial charge in [-0.2, -0.15) is 4.98 Å². The molecule has 0 unspecified atom stereocenters. The van der Waals surface area contributed by atoms with Crippen molar-refractivity contribution >= 4 is 16.9 Å². The van der Waals surface area contributed by atoms with Crippen molar-refractivity contribution in [3.63, 3.8) is 0 Å². The van der Waals surface area contributed by atoms with Crippen molar-refractivity contribution < 1.29 is 4.42 Å². The molecule has 106 valence electrons. The monoisotopic (exact) mass is 272 g/mol. The zero-order valence-corrected chi connectivity index (χ0v) is 12.1. The van der Waals surface area contributed by atoms with E-state index in [1.54, 1.807) is 0 Å². The summed E-state index contributed by atoms with van der Waals surface area (Å²) < 4.78 is 5.42. The minimum absolute atomic E-state index is 0.295. The standard InChI is InChI=1S/C16H20N2O2/c1-11-8-9-14-13(10-11)15(19)20-16(17-14)18(2)12-6-4-3-5-7-12/h8-10,12H,3-7H2,1-2H3. The van der Waals surface area contributed by atoms with E-state index in [1.807, 2.05) is 37.1 Å². The second-order valence-electron chi connectivity index (χ2n) is 5.71. The summed E-state index contributed by atoms with van der Waals surface area (Å²) in [4.78, 5) is 18.6. The lowest BCUT2D eigenvalue weighted by atomic mass is 9.95. The highest BCUT2D eigenvalue weighted by Crippen LogP contribution is 2.25. The van der Waals surface area contributed by atoms with Crippen molar-refractivity contribution in [1.82, 2.24) is 4.98 Å². The highest BCUT2D eigenvalue weighted by atomic mass is 16.4. The summed E-state index contributed by atoms with van der Waals surface area (Å²) in [6.07, 6.45) is 6.08. The molecule has 0 N–H and O–H groups in total. The predicted octanol–water partition coefficient (Wildman–Crippen LogP) is 3.27. The van der Waals surface area contributed by atoms with E-state index in [0.29, 0.717) is 23.0 Å². The quantitative estimate of drug-likeness (QED) is 0.841. The number of aromatic nitrogens is 1. The van der Waals surface area contributed by atoms with E-state index in [1.165, 1.54) is 19.3 Å². The van der Waals surface area contributed by atoms with Crippen LogP contribution in [0.5, 0.6) is 0 Å². The van der Waals surface area contributed by atoms with Crippen LogP contribution in [0.3, 0.4) is 0 Å². The third-order valence-electron chi connectivity index (χ3n) is 4.20. The number of hydrogen-bond acceptors (Lipinski definition) is 4. The second-order valence-corrected chi connectivity index (χ2v) is 5.71. The maximum Gasteiger partial charge on any atom is 0.348 e. The lowest BCUT2D eigenvalue weighted by molar-refractivity contribution is 0.396. The molecule has 0 aliphatic heterocycles. The molecule has 0 spiro atoms. The molecule has 1 aliphatic rings. The van der Waals surface area contributed by atoms with Gasteiger partial charge in [-0.1, -0.05) is 30.9 Å². The Hall–Kier alpha value is -1.84. The number of anilines is 1.